The molecule has 1 aromatic rings. The molecule has 0 aromatic heterocycles. The molecule has 2 N–H and O–H groups in total. The number of nitrogens with two attached hydrogens (primary N) is 1. The lowest BCUT2D eigenvalue weighted by Gasteiger charge is -2.27. The van der Waals surface area contributed by atoms with Crippen LogP contribution in [0.15, 0.2) is 17.1 Å². The number of benzene rings is 1. The summed E-state index contributed by atoms with van der Waals surface area (Å²) in [7, 11) is 0. The zero-order valence-corrected chi connectivity index (χ0v) is 10.4. The number of aliphatic imine (C=N–C) groups is 1. The van der Waals surface area contributed by atoms with E-state index in [-0.39, 0.29) is 11.4 Å². The van der Waals surface area contributed by atoms with Crippen LogP contribution in [0.25, 0.3) is 0 Å². The second-order valence-corrected chi connectivity index (χ2v) is 4.27. The Balaban J connectivity index is 2.52. The van der Waals surface area contributed by atoms with E-state index in [0.29, 0.717) is 0 Å². The molecule has 1 aromatic carbocycles. The minimum Gasteiger partial charge on any atom is -0.385 e. The van der Waals surface area contributed by atoms with Gasteiger partial charge in [-0.15, -0.1) is 6.42 Å². The molecule has 2 rings (SSSR count). The van der Waals surface area contributed by atoms with E-state index in [1.807, 2.05) is 0 Å². The Hall–Kier alpha value is -2.49. The van der Waals surface area contributed by atoms with Gasteiger partial charge in [0.15, 0.2) is 17.5 Å². The maximum absolute atomic E-state index is 13.3. The van der Waals surface area contributed by atoms with Crippen LogP contribution >= 0.6 is 0 Å². The second-order valence-electron chi connectivity index (χ2n) is 4.27. The zero-order chi connectivity index (χ0) is 15.0. The summed E-state index contributed by atoms with van der Waals surface area (Å²) in [6.45, 7) is 1.54. The van der Waals surface area contributed by atoms with Gasteiger partial charge in [-0.2, -0.15) is 4.99 Å². The fourth-order valence-corrected chi connectivity index (χ4v) is 2.02. The standard InChI is InChI=1S/C13H10F3N3O/c1-3-6(2)19-11(12(17)18-13(19)20)7-4-8(14)10(16)9(15)5-7/h1,4-6,11H,2H3,(H2,17,18,20). The molecule has 4 nitrogen and oxygen atoms in total. The van der Waals surface area contributed by atoms with Crippen LogP contribution in [0, 0.1) is 29.8 Å². The fourth-order valence-electron chi connectivity index (χ4n) is 2.02. The minimum atomic E-state index is -1.59. The van der Waals surface area contributed by atoms with Gasteiger partial charge >= 0.3 is 6.03 Å². The molecule has 2 unspecified atom stereocenters. The molecule has 0 aliphatic carbocycles. The lowest BCUT2D eigenvalue weighted by Crippen LogP contribution is -2.39. The number of hydrogen-bond donors (Lipinski definition) is 1. The molecule has 1 aliphatic heterocycles. The minimum absolute atomic E-state index is 0.0319. The largest absolute Gasteiger partial charge is 0.385 e. The van der Waals surface area contributed by atoms with E-state index in [2.05, 4.69) is 10.9 Å². The molecule has 1 aliphatic rings. The first-order chi connectivity index (χ1) is 9.36. The van der Waals surface area contributed by atoms with Crippen molar-refractivity contribution in [1.29, 1.82) is 0 Å². The average Bonchev–Trinajstić information content (AvgIpc) is 2.69. The Bertz CT molecular complexity index is 628. The summed E-state index contributed by atoms with van der Waals surface area (Å²) in [6, 6.07) is -0.879. The molecule has 20 heavy (non-hydrogen) atoms. The number of amides is 2. The van der Waals surface area contributed by atoms with Gasteiger partial charge in [-0.25, -0.2) is 18.0 Å². The first kappa shape index (κ1) is 13.9. The zero-order valence-electron chi connectivity index (χ0n) is 10.4. The monoisotopic (exact) mass is 281 g/mol. The number of carbonyl (C=O) groups excluding carboxylic acids is 1. The Labute approximate surface area is 113 Å². The molecule has 0 spiro atoms. The van der Waals surface area contributed by atoms with Crippen molar-refractivity contribution in [2.45, 2.75) is 19.0 Å². The quantitative estimate of drug-likeness (QED) is 0.665. The van der Waals surface area contributed by atoms with E-state index >= 15 is 0 Å². The van der Waals surface area contributed by atoms with Gasteiger partial charge in [-0.3, -0.25) is 4.90 Å². The lowest BCUT2D eigenvalue weighted by molar-refractivity contribution is 0.198. The molecule has 2 atom stereocenters. The molecule has 0 fully saturated rings. The molecule has 7 heteroatoms. The Morgan fingerprint density at radius 3 is 2.45 bits per heavy atom. The smallest absolute Gasteiger partial charge is 0.347 e. The Kier molecular flexibility index (Phi) is 3.40. The van der Waals surface area contributed by atoms with Crippen molar-refractivity contribution in [1.82, 2.24) is 4.90 Å². The topological polar surface area (TPSA) is 58.7 Å². The van der Waals surface area contributed by atoms with Crippen LogP contribution in [0.1, 0.15) is 18.5 Å². The predicted octanol–water partition coefficient (Wildman–Crippen LogP) is 1.96. The highest BCUT2D eigenvalue weighted by molar-refractivity contribution is 6.03. The summed E-state index contributed by atoms with van der Waals surface area (Å²) >= 11 is 0. The van der Waals surface area contributed by atoms with Crippen LogP contribution in [-0.2, 0) is 0 Å². The van der Waals surface area contributed by atoms with Gasteiger partial charge in [-0.05, 0) is 24.6 Å². The molecule has 0 radical (unpaired) electrons. The first-order valence-electron chi connectivity index (χ1n) is 5.63. The van der Waals surface area contributed by atoms with E-state index in [1.165, 1.54) is 6.92 Å². The summed E-state index contributed by atoms with van der Waals surface area (Å²) in [5.41, 5.74) is 5.57. The van der Waals surface area contributed by atoms with Gasteiger partial charge in [0, 0.05) is 0 Å². The van der Waals surface area contributed by atoms with E-state index in [9.17, 15) is 18.0 Å². The van der Waals surface area contributed by atoms with Crippen LogP contribution < -0.4 is 5.73 Å². The third kappa shape index (κ3) is 2.09. The molecule has 1 heterocycles. The van der Waals surface area contributed by atoms with E-state index in [0.717, 1.165) is 17.0 Å². The van der Waals surface area contributed by atoms with Crippen molar-refractivity contribution in [3.05, 3.63) is 35.1 Å². The Morgan fingerprint density at radius 1 is 1.40 bits per heavy atom. The Morgan fingerprint density at radius 2 is 1.95 bits per heavy atom. The number of rotatable bonds is 2. The molecule has 0 saturated heterocycles. The normalized spacial score (nSPS) is 19.8. The van der Waals surface area contributed by atoms with Crippen LogP contribution in [0.2, 0.25) is 0 Å². The van der Waals surface area contributed by atoms with E-state index in [4.69, 9.17) is 12.2 Å². The highest BCUT2D eigenvalue weighted by Crippen LogP contribution is 2.30. The van der Waals surface area contributed by atoms with Crippen molar-refractivity contribution in [2.75, 3.05) is 0 Å². The summed E-state index contributed by atoms with van der Waals surface area (Å²) in [5.74, 6) is -2.18. The summed E-state index contributed by atoms with van der Waals surface area (Å²) in [4.78, 5) is 16.3. The van der Waals surface area contributed by atoms with Crippen LogP contribution in [0.3, 0.4) is 0 Å². The van der Waals surface area contributed by atoms with Crippen molar-refractivity contribution < 1.29 is 18.0 Å². The average molecular weight is 281 g/mol. The van der Waals surface area contributed by atoms with E-state index < -0.39 is 35.6 Å². The highest BCUT2D eigenvalue weighted by Gasteiger charge is 2.38. The summed E-state index contributed by atoms with van der Waals surface area (Å²) < 4.78 is 39.5. The fraction of sp³-hybridized carbons (Fsp3) is 0.231. The van der Waals surface area contributed by atoms with Crippen molar-refractivity contribution >= 4 is 11.9 Å². The lowest BCUT2D eigenvalue weighted by atomic mass is 10.0. The maximum Gasteiger partial charge on any atom is 0.347 e. The van der Waals surface area contributed by atoms with Gasteiger partial charge in [0.1, 0.15) is 11.9 Å². The van der Waals surface area contributed by atoms with Gasteiger partial charge in [0.25, 0.3) is 0 Å². The van der Waals surface area contributed by atoms with Gasteiger partial charge in [0.2, 0.25) is 0 Å². The molecule has 0 bridgehead atoms. The first-order valence-corrected chi connectivity index (χ1v) is 5.63. The number of carbonyl (C=O) groups is 1. The second kappa shape index (κ2) is 4.89. The van der Waals surface area contributed by atoms with E-state index in [1.54, 1.807) is 0 Å². The number of terminal acetylenes is 1. The van der Waals surface area contributed by atoms with Gasteiger partial charge in [0.05, 0.1) is 6.04 Å². The number of nitrogens with zero attached hydrogens (tertiary/aromatic N) is 2. The summed E-state index contributed by atoms with van der Waals surface area (Å²) in [6.07, 6.45) is 5.24. The molecule has 2 amide bonds. The molecular weight excluding hydrogens is 271 g/mol. The molecule has 0 saturated carbocycles. The van der Waals surface area contributed by atoms with Crippen molar-refractivity contribution in [3.63, 3.8) is 0 Å². The predicted molar refractivity (Wildman–Crippen MR) is 66.2 cm³/mol. The van der Waals surface area contributed by atoms with Gasteiger partial charge in [-0.1, -0.05) is 5.92 Å². The van der Waals surface area contributed by atoms with Crippen LogP contribution in [0.4, 0.5) is 18.0 Å². The SMILES string of the molecule is C#CC(C)N1C(=O)N=C(N)C1c1cc(F)c(F)c(F)c1. The highest BCUT2D eigenvalue weighted by atomic mass is 19.2. The van der Waals surface area contributed by atoms with Crippen molar-refractivity contribution in [2.24, 2.45) is 10.7 Å². The van der Waals surface area contributed by atoms with Crippen molar-refractivity contribution in [3.8, 4) is 12.3 Å². The van der Waals surface area contributed by atoms with Gasteiger partial charge < -0.3 is 5.73 Å². The third-order valence-electron chi connectivity index (χ3n) is 2.98. The summed E-state index contributed by atoms with van der Waals surface area (Å²) in [5, 5.41) is 0. The third-order valence-corrected chi connectivity index (χ3v) is 2.98. The number of halogens is 3. The maximum atomic E-state index is 13.3. The molecular formula is C13H10F3N3O. The number of amidine groups is 1. The van der Waals surface area contributed by atoms with Crippen LogP contribution in [-0.4, -0.2) is 22.8 Å². The number of urea groups is 1. The molecule has 104 valence electrons. The number of hydrogen-bond acceptors (Lipinski definition) is 2. The van der Waals surface area contributed by atoms with Crippen LogP contribution in [0.5, 0.6) is 0 Å².